The molecule has 7 heteroatoms. The van der Waals surface area contributed by atoms with Gasteiger partial charge in [0, 0.05) is 25.7 Å². The van der Waals surface area contributed by atoms with Crippen molar-refractivity contribution in [2.75, 3.05) is 13.7 Å². The first-order valence-corrected chi connectivity index (χ1v) is 12.0. The van der Waals surface area contributed by atoms with Crippen molar-refractivity contribution in [2.24, 2.45) is 0 Å². The Balaban J connectivity index is 0.000000422. The maximum Gasteiger partial charge on any atom is 0.316 e. The van der Waals surface area contributed by atoms with E-state index in [1.54, 1.807) is 11.3 Å². The molecular formula is C24H33BrClNO3S. The largest absolute Gasteiger partial charge is 1.00 e. The van der Waals surface area contributed by atoms with Crippen LogP contribution in [0.25, 0.3) is 0 Å². The van der Waals surface area contributed by atoms with Gasteiger partial charge in [-0.2, -0.15) is 0 Å². The SMILES string of the molecule is CC(C)[N+]1(C)[C@@H]2CC[C@H]1CC(OC(=O)C(CO)c1ccccc1)C2.Clc1cccs1.[Br-]. The quantitative estimate of drug-likeness (QED) is 0.477. The number of thiophene rings is 1. The molecule has 2 aromatic rings. The lowest BCUT2D eigenvalue weighted by atomic mass is 9.94. The summed E-state index contributed by atoms with van der Waals surface area (Å²) in [5.41, 5.74) is 0.826. The van der Waals surface area contributed by atoms with Crippen molar-refractivity contribution in [3.63, 3.8) is 0 Å². The van der Waals surface area contributed by atoms with Crippen LogP contribution in [-0.4, -0.2) is 53.4 Å². The Kier molecular flexibility index (Phi) is 10.0. The van der Waals surface area contributed by atoms with Crippen LogP contribution in [-0.2, 0) is 9.53 Å². The van der Waals surface area contributed by atoms with Gasteiger partial charge in [-0.1, -0.05) is 41.9 Å². The molecule has 3 unspecified atom stereocenters. The van der Waals surface area contributed by atoms with Crippen molar-refractivity contribution in [1.82, 2.24) is 0 Å². The van der Waals surface area contributed by atoms with Crippen LogP contribution >= 0.6 is 22.9 Å². The molecule has 1 aromatic heterocycles. The van der Waals surface area contributed by atoms with Crippen LogP contribution in [0.4, 0.5) is 0 Å². The van der Waals surface area contributed by atoms with Crippen molar-refractivity contribution in [3.05, 3.63) is 57.7 Å². The summed E-state index contributed by atoms with van der Waals surface area (Å²) in [7, 11) is 2.37. The molecule has 2 aliphatic rings. The molecule has 0 spiro atoms. The van der Waals surface area contributed by atoms with E-state index in [9.17, 15) is 9.90 Å². The number of hydrogen-bond acceptors (Lipinski definition) is 4. The van der Waals surface area contributed by atoms with E-state index in [1.165, 1.54) is 12.8 Å². The van der Waals surface area contributed by atoms with Crippen LogP contribution in [0.15, 0.2) is 47.8 Å². The van der Waals surface area contributed by atoms with Gasteiger partial charge in [-0.05, 0) is 36.9 Å². The van der Waals surface area contributed by atoms with E-state index in [-0.39, 0.29) is 35.7 Å². The highest BCUT2D eigenvalue weighted by molar-refractivity contribution is 7.14. The van der Waals surface area contributed by atoms with E-state index in [0.717, 1.165) is 27.2 Å². The number of benzene rings is 1. The summed E-state index contributed by atoms with van der Waals surface area (Å²) >= 11 is 7.02. The first kappa shape index (κ1) is 26.3. The van der Waals surface area contributed by atoms with Gasteiger partial charge in [0.1, 0.15) is 12.0 Å². The molecular weight excluding hydrogens is 498 g/mol. The fourth-order valence-corrected chi connectivity index (χ4v) is 5.75. The molecule has 0 aliphatic carbocycles. The number of ether oxygens (including phenoxy) is 1. The van der Waals surface area contributed by atoms with Crippen molar-refractivity contribution in [1.29, 1.82) is 0 Å². The van der Waals surface area contributed by atoms with E-state index in [1.807, 2.05) is 47.8 Å². The predicted molar refractivity (Wildman–Crippen MR) is 123 cm³/mol. The highest BCUT2D eigenvalue weighted by atomic mass is 79.9. The Hall–Kier alpha value is -0.920. The minimum Gasteiger partial charge on any atom is -1.00 e. The third-order valence-electron chi connectivity index (χ3n) is 7.03. The van der Waals surface area contributed by atoms with E-state index >= 15 is 0 Å². The highest BCUT2D eigenvalue weighted by Gasteiger charge is 2.53. The van der Waals surface area contributed by atoms with Crippen LogP contribution in [0.1, 0.15) is 51.0 Å². The van der Waals surface area contributed by atoms with E-state index in [0.29, 0.717) is 18.1 Å². The Labute approximate surface area is 205 Å². The maximum absolute atomic E-state index is 12.6. The molecule has 0 radical (unpaired) electrons. The third-order valence-corrected chi connectivity index (χ3v) is 8.08. The molecule has 3 heterocycles. The highest BCUT2D eigenvalue weighted by Crippen LogP contribution is 2.44. The Bertz CT molecular complexity index is 788. The van der Waals surface area contributed by atoms with E-state index < -0.39 is 5.92 Å². The lowest BCUT2D eigenvalue weighted by Crippen LogP contribution is -3.00. The lowest BCUT2D eigenvalue weighted by molar-refractivity contribution is -0.968. The van der Waals surface area contributed by atoms with Gasteiger partial charge in [0.15, 0.2) is 0 Å². The molecule has 2 saturated heterocycles. The Morgan fingerprint density at radius 3 is 2.19 bits per heavy atom. The molecule has 1 N–H and O–H groups in total. The predicted octanol–water partition coefficient (Wildman–Crippen LogP) is 2.26. The Morgan fingerprint density at radius 2 is 1.77 bits per heavy atom. The van der Waals surface area contributed by atoms with Crippen LogP contribution in [0.5, 0.6) is 0 Å². The number of aliphatic hydroxyl groups is 1. The average Bonchev–Trinajstić information content (AvgIpc) is 3.25. The number of quaternary nitrogens is 1. The zero-order chi connectivity index (χ0) is 21.7. The molecule has 2 aliphatic heterocycles. The summed E-state index contributed by atoms with van der Waals surface area (Å²) in [5.74, 6) is -0.856. The number of nitrogens with zero attached hydrogens (tertiary/aromatic N) is 1. The van der Waals surface area contributed by atoms with Crippen LogP contribution < -0.4 is 17.0 Å². The minimum atomic E-state index is -0.572. The number of carbonyl (C=O) groups excluding carboxylic acids is 1. The number of hydrogen-bond donors (Lipinski definition) is 1. The Morgan fingerprint density at radius 1 is 1.16 bits per heavy atom. The van der Waals surface area contributed by atoms with Gasteiger partial charge in [0.25, 0.3) is 0 Å². The summed E-state index contributed by atoms with van der Waals surface area (Å²) in [6, 6.07) is 15.0. The molecule has 4 rings (SSSR count). The second-order valence-electron chi connectivity index (χ2n) is 8.79. The number of halogens is 2. The normalized spacial score (nSPS) is 27.6. The zero-order valence-corrected chi connectivity index (χ0v) is 21.6. The molecule has 2 fully saturated rings. The van der Waals surface area contributed by atoms with Crippen molar-refractivity contribution in [2.45, 2.75) is 69.7 Å². The molecule has 5 atom stereocenters. The molecule has 0 saturated carbocycles. The van der Waals surface area contributed by atoms with Gasteiger partial charge < -0.3 is 31.3 Å². The van der Waals surface area contributed by atoms with Crippen LogP contribution in [0.3, 0.4) is 0 Å². The van der Waals surface area contributed by atoms with Crippen molar-refractivity contribution in [3.8, 4) is 0 Å². The number of piperidine rings is 1. The number of rotatable bonds is 5. The van der Waals surface area contributed by atoms with Gasteiger partial charge in [-0.3, -0.25) is 4.79 Å². The zero-order valence-electron chi connectivity index (χ0n) is 18.4. The van der Waals surface area contributed by atoms with Crippen molar-refractivity contribution >= 4 is 28.9 Å². The van der Waals surface area contributed by atoms with Gasteiger partial charge in [0.05, 0.1) is 36.1 Å². The topological polar surface area (TPSA) is 46.5 Å². The lowest BCUT2D eigenvalue weighted by Gasteiger charge is -2.49. The first-order chi connectivity index (χ1) is 14.4. The molecule has 31 heavy (non-hydrogen) atoms. The molecule has 0 amide bonds. The van der Waals surface area contributed by atoms with Gasteiger partial charge in [-0.15, -0.1) is 11.3 Å². The summed E-state index contributed by atoms with van der Waals surface area (Å²) in [5, 5.41) is 11.6. The number of aliphatic hydroxyl groups excluding tert-OH is 1. The fourth-order valence-electron chi connectivity index (χ4n) is 5.08. The summed E-state index contributed by atoms with van der Waals surface area (Å²) in [4.78, 5) is 12.6. The number of esters is 1. The summed E-state index contributed by atoms with van der Waals surface area (Å²) < 4.78 is 7.82. The smallest absolute Gasteiger partial charge is 0.316 e. The summed E-state index contributed by atoms with van der Waals surface area (Å²) in [6.45, 7) is 4.39. The average molecular weight is 531 g/mol. The standard InChI is InChI=1S/C20H30NO3.C4H3ClS.BrH/c1-14(2)21(3)16-9-10-17(21)12-18(11-16)24-20(23)19(13-22)15-7-5-4-6-8-15;5-4-2-1-3-6-4;/h4-8,14,16-19,22H,9-13H2,1-3H3;1-3H;1H/q+1;;/p-1/t16-,17+,18?,19?,21?;;. The molecule has 172 valence electrons. The van der Waals surface area contributed by atoms with E-state index in [2.05, 4.69) is 20.9 Å². The second kappa shape index (κ2) is 11.8. The summed E-state index contributed by atoms with van der Waals surface area (Å²) in [6.07, 6.45) is 4.36. The monoisotopic (exact) mass is 529 g/mol. The maximum atomic E-state index is 12.6. The number of carbonyl (C=O) groups is 1. The molecule has 4 nitrogen and oxygen atoms in total. The van der Waals surface area contributed by atoms with Crippen LogP contribution in [0.2, 0.25) is 4.34 Å². The van der Waals surface area contributed by atoms with Crippen LogP contribution in [0, 0.1) is 0 Å². The van der Waals surface area contributed by atoms with Gasteiger partial charge >= 0.3 is 5.97 Å². The molecule has 2 bridgehead atoms. The van der Waals surface area contributed by atoms with Crippen molar-refractivity contribution < 1.29 is 36.1 Å². The fraction of sp³-hybridized carbons (Fsp3) is 0.542. The van der Waals surface area contributed by atoms with E-state index in [4.69, 9.17) is 16.3 Å². The molecule has 1 aromatic carbocycles. The third kappa shape index (κ3) is 6.11. The number of fused-ring (bicyclic) bond motifs is 2. The minimum absolute atomic E-state index is 0. The first-order valence-electron chi connectivity index (χ1n) is 10.8. The van der Waals surface area contributed by atoms with Gasteiger partial charge in [-0.25, -0.2) is 0 Å². The van der Waals surface area contributed by atoms with Gasteiger partial charge in [0.2, 0.25) is 0 Å². The second-order valence-corrected chi connectivity index (χ2v) is 10.4.